The number of carbonyl (C=O) groups is 3. The first kappa shape index (κ1) is 43.1. The van der Waals surface area contributed by atoms with Crippen molar-refractivity contribution in [3.05, 3.63) is 102 Å². The summed E-state index contributed by atoms with van der Waals surface area (Å²) in [5, 5.41) is 24.4. The van der Waals surface area contributed by atoms with Crippen molar-refractivity contribution in [1.82, 2.24) is 10.6 Å². The van der Waals surface area contributed by atoms with Crippen LogP contribution in [0, 0.1) is 5.92 Å². The van der Waals surface area contributed by atoms with Gasteiger partial charge < -0.3 is 30.3 Å². The van der Waals surface area contributed by atoms with E-state index in [1.165, 1.54) is 13.8 Å². The lowest BCUT2D eigenvalue weighted by Crippen LogP contribution is -2.56. The predicted octanol–water partition coefficient (Wildman–Crippen LogP) is 6.72. The largest absolute Gasteiger partial charge is 0.478 e. The average molecular weight is 699 g/mol. The summed E-state index contributed by atoms with van der Waals surface area (Å²) in [4.78, 5) is 38.5. The Balaban J connectivity index is 2.47. The summed E-state index contributed by atoms with van der Waals surface area (Å²) in [6.07, 6.45) is 31.7. The number of allylic oxidation sites excluding steroid dienone is 12. The van der Waals surface area contributed by atoms with Crippen molar-refractivity contribution in [2.24, 2.45) is 5.92 Å². The number of amides is 2. The number of hydrogen-bond donors (Lipinski definition) is 4. The van der Waals surface area contributed by atoms with Crippen LogP contribution >= 0.6 is 11.6 Å². The second-order valence-electron chi connectivity index (χ2n) is 11.7. The summed E-state index contributed by atoms with van der Waals surface area (Å²) in [7, 11) is 0. The summed E-state index contributed by atoms with van der Waals surface area (Å²) >= 11 is 5.92. The molecule has 1 aromatic rings. The zero-order valence-corrected chi connectivity index (χ0v) is 29.9. The lowest BCUT2D eigenvalue weighted by molar-refractivity contribution is -0.151. The van der Waals surface area contributed by atoms with E-state index in [1.54, 1.807) is 24.3 Å². The lowest BCUT2D eigenvalue weighted by atomic mass is 10.1. The van der Waals surface area contributed by atoms with Gasteiger partial charge in [-0.2, -0.15) is 0 Å². The first-order valence-electron chi connectivity index (χ1n) is 16.9. The number of benzene rings is 1. The van der Waals surface area contributed by atoms with E-state index in [0.29, 0.717) is 17.2 Å². The number of nitrogens with one attached hydrogen (secondary N) is 2. The molecule has 9 nitrogen and oxygen atoms in total. The zero-order valence-electron chi connectivity index (χ0n) is 29.2. The number of esters is 1. The molecule has 1 atom stereocenters. The molecule has 270 valence electrons. The highest BCUT2D eigenvalue weighted by atomic mass is 35.5. The van der Waals surface area contributed by atoms with Crippen LogP contribution in [0.1, 0.15) is 72.1 Å². The van der Waals surface area contributed by atoms with E-state index >= 15 is 0 Å². The van der Waals surface area contributed by atoms with Crippen molar-refractivity contribution in [1.29, 1.82) is 0 Å². The summed E-state index contributed by atoms with van der Waals surface area (Å²) < 4.78 is 11.0. The van der Waals surface area contributed by atoms with E-state index in [4.69, 9.17) is 21.1 Å². The highest BCUT2D eigenvalue weighted by Crippen LogP contribution is 2.21. The van der Waals surface area contributed by atoms with Gasteiger partial charge in [-0.1, -0.05) is 91.4 Å². The maximum atomic E-state index is 13.1. The van der Waals surface area contributed by atoms with Crippen LogP contribution in [0.4, 0.5) is 0 Å². The minimum absolute atomic E-state index is 0.195. The third-order valence-electron chi connectivity index (χ3n) is 6.94. The second-order valence-corrected chi connectivity index (χ2v) is 12.1. The Kier molecular flexibility index (Phi) is 23.7. The van der Waals surface area contributed by atoms with Crippen molar-refractivity contribution in [2.75, 3.05) is 26.4 Å². The number of hydrogen-bond acceptors (Lipinski definition) is 7. The topological polar surface area (TPSA) is 134 Å². The maximum Gasteiger partial charge on any atom is 0.330 e. The van der Waals surface area contributed by atoms with Crippen LogP contribution in [0.2, 0.25) is 5.02 Å². The quantitative estimate of drug-likeness (QED) is 0.0658. The molecule has 0 aliphatic heterocycles. The van der Waals surface area contributed by atoms with E-state index in [1.807, 2.05) is 12.2 Å². The second kappa shape index (κ2) is 27.0. The van der Waals surface area contributed by atoms with Gasteiger partial charge in [-0.25, -0.2) is 4.79 Å². The molecular formula is C39H55ClN2O7. The Hall–Kier alpha value is -3.92. The predicted molar refractivity (Wildman–Crippen MR) is 197 cm³/mol. The minimum atomic E-state index is -1.38. The molecule has 0 saturated carbocycles. The van der Waals surface area contributed by atoms with Crippen molar-refractivity contribution < 1.29 is 34.1 Å². The lowest BCUT2D eigenvalue weighted by Gasteiger charge is -2.28. The Morgan fingerprint density at radius 3 is 1.78 bits per heavy atom. The molecule has 0 aromatic heterocycles. The molecule has 1 rings (SSSR count). The van der Waals surface area contributed by atoms with Gasteiger partial charge in [0.15, 0.2) is 5.60 Å². The van der Waals surface area contributed by atoms with Crippen molar-refractivity contribution in [3.8, 4) is 5.75 Å². The van der Waals surface area contributed by atoms with Crippen LogP contribution in [-0.4, -0.2) is 66.0 Å². The molecule has 10 heteroatoms. The number of rotatable bonds is 25. The Labute approximate surface area is 297 Å². The first-order chi connectivity index (χ1) is 23.6. The van der Waals surface area contributed by atoms with Crippen LogP contribution in [0.5, 0.6) is 5.75 Å². The van der Waals surface area contributed by atoms with Gasteiger partial charge in [0.1, 0.15) is 11.8 Å². The number of aliphatic hydroxyl groups is 2. The third kappa shape index (κ3) is 21.6. The van der Waals surface area contributed by atoms with Crippen LogP contribution in [-0.2, 0) is 19.1 Å². The fourth-order valence-corrected chi connectivity index (χ4v) is 4.12. The Morgan fingerprint density at radius 1 is 0.796 bits per heavy atom. The first-order valence-corrected chi connectivity index (χ1v) is 17.3. The smallest absolute Gasteiger partial charge is 0.330 e. The molecule has 2 amide bonds. The number of carbonyl (C=O) groups excluding carboxylic acids is 3. The van der Waals surface area contributed by atoms with Crippen LogP contribution in [0.25, 0.3) is 0 Å². The number of halogens is 1. The van der Waals surface area contributed by atoms with Crippen LogP contribution < -0.4 is 15.4 Å². The summed E-state index contributed by atoms with van der Waals surface area (Å²) in [6, 6.07) is 5.25. The van der Waals surface area contributed by atoms with E-state index in [9.17, 15) is 24.6 Å². The average Bonchev–Trinajstić information content (AvgIpc) is 3.08. The Morgan fingerprint density at radius 2 is 1.29 bits per heavy atom. The molecule has 0 fully saturated rings. The maximum absolute atomic E-state index is 13.1. The number of ether oxygens (including phenoxy) is 2. The molecule has 0 radical (unpaired) electrons. The van der Waals surface area contributed by atoms with Crippen molar-refractivity contribution >= 4 is 29.4 Å². The van der Waals surface area contributed by atoms with Gasteiger partial charge in [0.2, 0.25) is 5.91 Å². The summed E-state index contributed by atoms with van der Waals surface area (Å²) in [5.74, 6) is -2.00. The van der Waals surface area contributed by atoms with E-state index in [-0.39, 0.29) is 38.7 Å². The molecule has 0 bridgehead atoms. The molecule has 0 aliphatic carbocycles. The molecule has 0 aliphatic rings. The van der Waals surface area contributed by atoms with Gasteiger partial charge in [0, 0.05) is 23.9 Å². The molecule has 4 N–H and O–H groups in total. The third-order valence-corrected chi connectivity index (χ3v) is 7.19. The molecule has 1 aromatic carbocycles. The standard InChI is InChI=1S/C39H55ClN2O7/c1-4-5-6-7-8-9-10-11-12-13-14-15-16-17-18-19-20-21-22-23-36(45)41-28-35(37(46)48-31-32(29-43)30-44)42-38(47)39(2,3)49-34-26-24-33(40)25-27-34/h5-6,8-9,11-12,14-15,17-18,20-21,24-27,32,35,43-44H,4,7,10,13,16,19,22-23,28-31H2,1-3H3,(H,41,45)(H,42,47)/b6-5-,9-8-,12-11-,15-14-,18-17-,21-20-. The van der Waals surface area contributed by atoms with Crippen molar-refractivity contribution in [3.63, 3.8) is 0 Å². The van der Waals surface area contributed by atoms with Crippen LogP contribution in [0.15, 0.2) is 97.2 Å². The van der Waals surface area contributed by atoms with Gasteiger partial charge in [0.25, 0.3) is 5.91 Å². The highest BCUT2D eigenvalue weighted by Gasteiger charge is 2.34. The summed E-state index contributed by atoms with van der Waals surface area (Å²) in [6.45, 7) is 3.98. The molecular weight excluding hydrogens is 644 g/mol. The van der Waals surface area contributed by atoms with Gasteiger partial charge in [0.05, 0.1) is 19.8 Å². The van der Waals surface area contributed by atoms with E-state index in [0.717, 1.165) is 38.5 Å². The van der Waals surface area contributed by atoms with Gasteiger partial charge in [-0.15, -0.1) is 0 Å². The monoisotopic (exact) mass is 698 g/mol. The number of aliphatic hydroxyl groups excluding tert-OH is 2. The normalized spacial score (nSPS) is 13.1. The SMILES string of the molecule is CC/C=C\C/C=C\C/C=C\C/C=C\C/C=C\C/C=C\CCC(=O)NCC(NC(=O)C(C)(C)Oc1ccc(Cl)cc1)C(=O)OCC(CO)CO. The molecule has 49 heavy (non-hydrogen) atoms. The highest BCUT2D eigenvalue weighted by molar-refractivity contribution is 6.30. The molecule has 0 heterocycles. The van der Waals surface area contributed by atoms with E-state index in [2.05, 4.69) is 78.3 Å². The van der Waals surface area contributed by atoms with E-state index < -0.39 is 29.4 Å². The van der Waals surface area contributed by atoms with Gasteiger partial charge in [-0.3, -0.25) is 9.59 Å². The van der Waals surface area contributed by atoms with Gasteiger partial charge >= 0.3 is 5.97 Å². The summed E-state index contributed by atoms with van der Waals surface area (Å²) in [5.41, 5.74) is -1.38. The molecule has 0 saturated heterocycles. The van der Waals surface area contributed by atoms with Crippen LogP contribution in [0.3, 0.4) is 0 Å². The fourth-order valence-electron chi connectivity index (χ4n) is 3.99. The Bertz CT molecular complexity index is 1260. The minimum Gasteiger partial charge on any atom is -0.478 e. The molecule has 0 spiro atoms. The zero-order chi connectivity index (χ0) is 36.2. The molecule has 1 unspecified atom stereocenters. The fraction of sp³-hybridized carbons (Fsp3) is 0.462. The van der Waals surface area contributed by atoms with Gasteiger partial charge in [-0.05, 0) is 83.1 Å². The van der Waals surface area contributed by atoms with Crippen molar-refractivity contribution in [2.45, 2.75) is 83.8 Å².